The number of rotatable bonds is 46. The van der Waals surface area contributed by atoms with Crippen molar-refractivity contribution in [2.75, 3.05) is 7.05 Å². The van der Waals surface area contributed by atoms with Gasteiger partial charge in [-0.3, -0.25) is 0 Å². The van der Waals surface area contributed by atoms with Crippen molar-refractivity contribution in [1.82, 2.24) is 0 Å². The summed E-state index contributed by atoms with van der Waals surface area (Å²) >= 11 is 0. The van der Waals surface area contributed by atoms with Crippen LogP contribution in [-0.4, -0.2) is 12.6 Å². The molecule has 2 N–H and O–H groups in total. The van der Waals surface area contributed by atoms with Crippen molar-refractivity contribution in [2.24, 2.45) is 0 Å². The minimum Gasteiger partial charge on any atom is -1.00 e. The Morgan fingerprint density at radius 1 is 0.231 bits per heavy atom. The average molecular weight is 755 g/mol. The van der Waals surface area contributed by atoms with Crippen molar-refractivity contribution in [3.8, 4) is 0 Å². The summed E-state index contributed by atoms with van der Waals surface area (Å²) in [6, 6.07) is 0. The fourth-order valence-electron chi connectivity index (χ4n) is 8.82. The Bertz CT molecular complexity index is 526. The zero-order valence-corrected chi connectivity index (χ0v) is 38.0. The molecule has 0 aromatic rings. The molecule has 0 fully saturated rings. The molecule has 0 rings (SSSR count). The molecular formula is C50H104ClN. The maximum absolute atomic E-state index is 2.69. The first-order valence-electron chi connectivity index (χ1n) is 25.0. The zero-order chi connectivity index (χ0) is 37.0. The maximum atomic E-state index is 2.69. The van der Waals surface area contributed by atoms with Gasteiger partial charge in [-0.1, -0.05) is 271 Å². The van der Waals surface area contributed by atoms with E-state index >= 15 is 0 Å². The average Bonchev–Trinajstić information content (AvgIpc) is 3.14. The van der Waals surface area contributed by atoms with Gasteiger partial charge in [0.15, 0.2) is 0 Å². The topological polar surface area (TPSA) is 16.6 Å². The van der Waals surface area contributed by atoms with Gasteiger partial charge in [0, 0.05) is 19.3 Å². The fraction of sp³-hybridized carbons (Fsp3) is 1.00. The lowest BCUT2D eigenvalue weighted by atomic mass is 9.81. The molecule has 316 valence electrons. The van der Waals surface area contributed by atoms with Gasteiger partial charge in [0.2, 0.25) is 0 Å². The first kappa shape index (κ1) is 54.4. The van der Waals surface area contributed by atoms with Gasteiger partial charge >= 0.3 is 0 Å². The van der Waals surface area contributed by atoms with Gasteiger partial charge in [-0.25, -0.2) is 0 Å². The first-order chi connectivity index (χ1) is 25.2. The lowest BCUT2D eigenvalue weighted by molar-refractivity contribution is -0.707. The largest absolute Gasteiger partial charge is 1.00 e. The van der Waals surface area contributed by atoms with Crippen LogP contribution in [0.25, 0.3) is 0 Å². The Balaban J connectivity index is 0. The lowest BCUT2D eigenvalue weighted by Crippen LogP contribution is -3.00. The highest BCUT2D eigenvalue weighted by molar-refractivity contribution is 4.78. The molecule has 0 atom stereocenters. The van der Waals surface area contributed by atoms with E-state index in [1.54, 1.807) is 0 Å². The van der Waals surface area contributed by atoms with Gasteiger partial charge in [0.05, 0.1) is 12.6 Å². The predicted octanol–water partition coefficient (Wildman–Crippen LogP) is 14.5. The normalized spacial score (nSPS) is 11.8. The number of hydrogen-bond acceptors (Lipinski definition) is 0. The van der Waals surface area contributed by atoms with Gasteiger partial charge in [0.1, 0.15) is 0 Å². The van der Waals surface area contributed by atoms with Crippen LogP contribution in [0.3, 0.4) is 0 Å². The summed E-state index contributed by atoms with van der Waals surface area (Å²) in [6.45, 7) is 6.96. The van der Waals surface area contributed by atoms with Crippen LogP contribution in [0.5, 0.6) is 0 Å². The molecule has 52 heavy (non-hydrogen) atoms. The van der Waals surface area contributed by atoms with Crippen LogP contribution in [0.15, 0.2) is 0 Å². The predicted molar refractivity (Wildman–Crippen MR) is 235 cm³/mol. The van der Waals surface area contributed by atoms with Gasteiger partial charge in [0.25, 0.3) is 0 Å². The lowest BCUT2D eigenvalue weighted by Gasteiger charge is -2.31. The van der Waals surface area contributed by atoms with Crippen LogP contribution in [0.4, 0.5) is 0 Å². The molecule has 0 aromatic heterocycles. The Morgan fingerprint density at radius 3 is 0.500 bits per heavy atom. The van der Waals surface area contributed by atoms with Crippen LogP contribution < -0.4 is 17.7 Å². The summed E-state index contributed by atoms with van der Waals surface area (Å²) in [5.41, 5.74) is 0.533. The molecule has 0 unspecified atom stereocenters. The summed E-state index contributed by atoms with van der Waals surface area (Å²) in [5.74, 6) is 0. The number of unbranched alkanes of at least 4 members (excludes halogenated alkanes) is 39. The molecule has 0 saturated carbocycles. The third kappa shape index (κ3) is 41.4. The first-order valence-corrected chi connectivity index (χ1v) is 25.0. The number of hydrogen-bond donors (Lipinski definition) is 1. The monoisotopic (exact) mass is 754 g/mol. The number of nitrogens with two attached hydrogens (primary N) is 1. The van der Waals surface area contributed by atoms with Crippen molar-refractivity contribution >= 4 is 0 Å². The highest BCUT2D eigenvalue weighted by Gasteiger charge is 2.30. The number of quaternary nitrogens is 1. The van der Waals surface area contributed by atoms with Crippen molar-refractivity contribution < 1.29 is 17.7 Å². The van der Waals surface area contributed by atoms with Crippen LogP contribution in [0.1, 0.15) is 310 Å². The molecule has 0 aliphatic heterocycles. The molecule has 0 radical (unpaired) electrons. The SMILES string of the molecule is CCCCCCCCCCCCCCCCC(CCCCCCCCCCCCCCCC)(CCCCCCCCCCCCCCCC)[NH2+]C.[Cl-]. The molecular weight excluding hydrogens is 650 g/mol. The molecule has 0 aliphatic rings. The van der Waals surface area contributed by atoms with Gasteiger partial charge in [-0.2, -0.15) is 0 Å². The van der Waals surface area contributed by atoms with Crippen LogP contribution in [0.2, 0.25) is 0 Å². The van der Waals surface area contributed by atoms with Crippen molar-refractivity contribution in [2.45, 2.75) is 315 Å². The highest BCUT2D eigenvalue weighted by Crippen LogP contribution is 2.27. The molecule has 0 spiro atoms. The van der Waals surface area contributed by atoms with Gasteiger partial charge < -0.3 is 17.7 Å². The summed E-state index contributed by atoms with van der Waals surface area (Å²) in [6.07, 6.45) is 66.1. The van der Waals surface area contributed by atoms with Crippen molar-refractivity contribution in [1.29, 1.82) is 0 Å². The molecule has 0 aromatic carbocycles. The molecule has 0 saturated heterocycles. The van der Waals surface area contributed by atoms with Crippen molar-refractivity contribution in [3.63, 3.8) is 0 Å². The van der Waals surface area contributed by atoms with Gasteiger partial charge in [-0.05, 0) is 19.3 Å². The molecule has 1 nitrogen and oxygen atoms in total. The quantitative estimate of drug-likeness (QED) is 0.0596. The molecule has 0 aliphatic carbocycles. The van der Waals surface area contributed by atoms with E-state index in [9.17, 15) is 0 Å². The summed E-state index contributed by atoms with van der Waals surface area (Å²) < 4.78 is 0. The molecule has 0 amide bonds. The van der Waals surface area contributed by atoms with E-state index in [0.29, 0.717) is 5.54 Å². The summed E-state index contributed by atoms with van der Waals surface area (Å²) in [5, 5.41) is 2.69. The van der Waals surface area contributed by atoms with E-state index < -0.39 is 0 Å². The Kier molecular flexibility index (Phi) is 49.5. The summed E-state index contributed by atoms with van der Waals surface area (Å²) in [7, 11) is 2.43. The van der Waals surface area contributed by atoms with E-state index in [-0.39, 0.29) is 12.4 Å². The second kappa shape index (κ2) is 47.4. The second-order valence-electron chi connectivity index (χ2n) is 17.7. The third-order valence-electron chi connectivity index (χ3n) is 12.7. The highest BCUT2D eigenvalue weighted by atomic mass is 35.5. The van der Waals surface area contributed by atoms with Crippen LogP contribution >= 0.6 is 0 Å². The van der Waals surface area contributed by atoms with E-state index in [1.165, 1.54) is 289 Å². The minimum absolute atomic E-state index is 0. The standard InChI is InChI=1S/C50H103N.ClH/c1-5-8-11-14-17-20-23-26-29-32-35-38-41-44-47-50(51-4,48-45-42-39-36-33-30-27-24-21-18-15-12-9-6-2)49-46-43-40-37-34-31-28-25-22-19-16-13-10-7-3;/h51H,5-49H2,1-4H3;1H. The maximum Gasteiger partial charge on any atom is 0.0959 e. The smallest absolute Gasteiger partial charge is 0.0959 e. The number of halogens is 1. The third-order valence-corrected chi connectivity index (χ3v) is 12.7. The van der Waals surface area contributed by atoms with E-state index in [0.717, 1.165) is 0 Å². The molecule has 0 bridgehead atoms. The summed E-state index contributed by atoms with van der Waals surface area (Å²) in [4.78, 5) is 0. The van der Waals surface area contributed by atoms with Gasteiger partial charge in [-0.15, -0.1) is 0 Å². The Hall–Kier alpha value is 0.250. The van der Waals surface area contributed by atoms with Crippen LogP contribution in [-0.2, 0) is 0 Å². The molecule has 0 heterocycles. The second-order valence-corrected chi connectivity index (χ2v) is 17.7. The van der Waals surface area contributed by atoms with E-state index in [4.69, 9.17) is 0 Å². The minimum atomic E-state index is 0. The molecule has 2 heteroatoms. The van der Waals surface area contributed by atoms with E-state index in [1.807, 2.05) is 0 Å². The zero-order valence-electron chi connectivity index (χ0n) is 37.3. The Morgan fingerprint density at radius 2 is 0.365 bits per heavy atom. The van der Waals surface area contributed by atoms with E-state index in [2.05, 4.69) is 33.1 Å². The fourth-order valence-corrected chi connectivity index (χ4v) is 8.82. The van der Waals surface area contributed by atoms with Crippen LogP contribution in [0, 0.1) is 0 Å². The van der Waals surface area contributed by atoms with Crippen molar-refractivity contribution in [3.05, 3.63) is 0 Å². The Labute approximate surface area is 338 Å².